The zero-order chi connectivity index (χ0) is 23.9. The van der Waals surface area contributed by atoms with Gasteiger partial charge in [-0.3, -0.25) is 19.6 Å². The van der Waals surface area contributed by atoms with Crippen LogP contribution in [-0.4, -0.2) is 46.3 Å². The summed E-state index contributed by atoms with van der Waals surface area (Å²) in [4.78, 5) is 35.1. The van der Waals surface area contributed by atoms with Gasteiger partial charge in [-0.15, -0.1) is 0 Å². The number of alkyl halides is 2. The van der Waals surface area contributed by atoms with Crippen molar-refractivity contribution in [2.75, 3.05) is 19.6 Å². The van der Waals surface area contributed by atoms with Crippen LogP contribution in [-0.2, 0) is 17.1 Å². The van der Waals surface area contributed by atoms with E-state index in [1.807, 2.05) is 0 Å². The monoisotopic (exact) mass is 468 g/mol. The minimum atomic E-state index is -2.96. The van der Waals surface area contributed by atoms with Crippen molar-refractivity contribution in [1.29, 1.82) is 0 Å². The van der Waals surface area contributed by atoms with Crippen LogP contribution in [0, 0.1) is 11.3 Å². The average Bonchev–Trinajstić information content (AvgIpc) is 3.29. The second-order valence-electron chi connectivity index (χ2n) is 9.48. The summed E-state index contributed by atoms with van der Waals surface area (Å²) < 4.78 is 32.7. The van der Waals surface area contributed by atoms with Gasteiger partial charge in [0.2, 0.25) is 5.91 Å². The van der Waals surface area contributed by atoms with Gasteiger partial charge in [0.25, 0.3) is 11.8 Å². The molecule has 1 aliphatic heterocycles. The minimum absolute atomic E-state index is 0.0173. The molecular formula is C25H26F2N4O3. The Bertz CT molecular complexity index is 1200. The predicted molar refractivity (Wildman–Crippen MR) is 120 cm³/mol. The molecule has 3 aromatic rings. The number of nitrogens with one attached hydrogen (secondary N) is 1. The highest BCUT2D eigenvalue weighted by Gasteiger charge is 2.54. The third kappa shape index (κ3) is 4.51. The maximum atomic E-state index is 13.6. The van der Waals surface area contributed by atoms with Crippen molar-refractivity contribution in [3.63, 3.8) is 0 Å². The average molecular weight is 469 g/mol. The van der Waals surface area contributed by atoms with E-state index in [0.29, 0.717) is 36.8 Å². The largest absolute Gasteiger partial charge is 0.449 e. The maximum Gasteiger partial charge on any atom is 0.287 e. The summed E-state index contributed by atoms with van der Waals surface area (Å²) in [5.41, 5.74) is 0.963. The smallest absolute Gasteiger partial charge is 0.287 e. The predicted octanol–water partition coefficient (Wildman–Crippen LogP) is 3.94. The Morgan fingerprint density at radius 2 is 2.03 bits per heavy atom. The highest BCUT2D eigenvalue weighted by molar-refractivity contribution is 5.95. The van der Waals surface area contributed by atoms with Crippen molar-refractivity contribution in [2.24, 2.45) is 11.3 Å². The van der Waals surface area contributed by atoms with Crippen molar-refractivity contribution in [1.82, 2.24) is 20.2 Å². The number of likely N-dealkylation sites (tertiary alicyclic amines) is 1. The first-order chi connectivity index (χ1) is 16.2. The third-order valence-corrected chi connectivity index (χ3v) is 7.18. The van der Waals surface area contributed by atoms with Gasteiger partial charge in [0.05, 0.1) is 18.3 Å². The molecule has 1 N–H and O–H groups in total. The molecule has 0 radical (unpaired) electrons. The molecule has 2 fully saturated rings. The molecular weight excluding hydrogens is 442 g/mol. The number of rotatable bonds is 6. The molecule has 1 unspecified atom stereocenters. The Kier molecular flexibility index (Phi) is 5.58. The lowest BCUT2D eigenvalue weighted by atomic mass is 9.90. The molecule has 5 rings (SSSR count). The topological polar surface area (TPSA) is 88.3 Å². The number of furan rings is 1. The Hall–Kier alpha value is -3.36. The van der Waals surface area contributed by atoms with Crippen LogP contribution in [0.1, 0.15) is 48.0 Å². The van der Waals surface area contributed by atoms with Crippen molar-refractivity contribution in [3.05, 3.63) is 59.9 Å². The van der Waals surface area contributed by atoms with E-state index >= 15 is 0 Å². The molecule has 9 heteroatoms. The fourth-order valence-electron chi connectivity index (χ4n) is 4.95. The van der Waals surface area contributed by atoms with Crippen LogP contribution in [0.5, 0.6) is 0 Å². The van der Waals surface area contributed by atoms with E-state index in [4.69, 9.17) is 4.42 Å². The molecule has 2 aliphatic rings. The quantitative estimate of drug-likeness (QED) is 0.592. The highest BCUT2D eigenvalue weighted by Crippen LogP contribution is 2.59. The van der Waals surface area contributed by atoms with Gasteiger partial charge >= 0.3 is 0 Å². The number of hydrogen-bond acceptors (Lipinski definition) is 5. The van der Waals surface area contributed by atoms with Crippen molar-refractivity contribution in [3.8, 4) is 0 Å². The summed E-state index contributed by atoms with van der Waals surface area (Å²) in [6.07, 6.45) is 7.35. The first kappa shape index (κ1) is 22.4. The van der Waals surface area contributed by atoms with Crippen molar-refractivity contribution < 1.29 is 22.8 Å². The second-order valence-corrected chi connectivity index (χ2v) is 9.48. The molecule has 4 heterocycles. The summed E-state index contributed by atoms with van der Waals surface area (Å²) in [5.74, 6) is -2.64. The second kappa shape index (κ2) is 8.45. The Morgan fingerprint density at radius 3 is 2.76 bits per heavy atom. The number of hydrogen-bond donors (Lipinski definition) is 1. The molecule has 1 saturated carbocycles. The summed E-state index contributed by atoms with van der Waals surface area (Å²) >= 11 is 0. The molecule has 7 nitrogen and oxygen atoms in total. The molecule has 2 amide bonds. The summed E-state index contributed by atoms with van der Waals surface area (Å²) in [6, 6.07) is 6.09. The number of piperidine rings is 1. The number of pyridine rings is 2. The van der Waals surface area contributed by atoms with Gasteiger partial charge in [-0.1, -0.05) is 0 Å². The van der Waals surface area contributed by atoms with Gasteiger partial charge in [0.15, 0.2) is 11.3 Å². The molecule has 1 saturated heterocycles. The molecule has 1 spiro atoms. The van der Waals surface area contributed by atoms with E-state index in [1.165, 1.54) is 18.3 Å². The Labute approximate surface area is 195 Å². The summed E-state index contributed by atoms with van der Waals surface area (Å²) in [6.45, 7) is 2.66. The first-order valence-corrected chi connectivity index (χ1v) is 11.5. The van der Waals surface area contributed by atoms with E-state index < -0.39 is 5.92 Å². The summed E-state index contributed by atoms with van der Waals surface area (Å²) in [5, 5.41) is 3.81. The van der Waals surface area contributed by atoms with Crippen LogP contribution >= 0.6 is 0 Å². The highest BCUT2D eigenvalue weighted by atomic mass is 19.3. The number of aromatic nitrogens is 2. The Balaban J connectivity index is 1.10. The van der Waals surface area contributed by atoms with E-state index in [1.54, 1.807) is 29.4 Å². The van der Waals surface area contributed by atoms with Gasteiger partial charge in [-0.25, -0.2) is 8.78 Å². The van der Waals surface area contributed by atoms with E-state index in [9.17, 15) is 18.4 Å². The van der Waals surface area contributed by atoms with Gasteiger partial charge in [-0.05, 0) is 54.9 Å². The van der Waals surface area contributed by atoms with Crippen LogP contribution in [0.25, 0.3) is 11.0 Å². The molecule has 1 atom stereocenters. The lowest BCUT2D eigenvalue weighted by Gasteiger charge is -2.33. The van der Waals surface area contributed by atoms with Gasteiger partial charge in [0, 0.05) is 49.9 Å². The number of halogens is 2. The number of carbonyl (C=O) groups is 2. The number of carbonyl (C=O) groups excluding carboxylic acids is 2. The van der Waals surface area contributed by atoms with Crippen molar-refractivity contribution in [2.45, 2.75) is 38.5 Å². The van der Waals surface area contributed by atoms with Crippen LogP contribution in [0.2, 0.25) is 0 Å². The van der Waals surface area contributed by atoms with Crippen LogP contribution < -0.4 is 5.32 Å². The molecule has 3 aromatic heterocycles. The van der Waals surface area contributed by atoms with Crippen LogP contribution in [0.15, 0.2) is 47.3 Å². The van der Waals surface area contributed by atoms with Crippen LogP contribution in [0.4, 0.5) is 8.78 Å². The molecule has 0 aromatic carbocycles. The SMILES string of the molecule is CC(F)(F)c1ccnc(CC(=O)N2CCC3(CC2)CC3CNC(=O)c2cc3ccncc3o2)c1. The van der Waals surface area contributed by atoms with E-state index in [-0.39, 0.29) is 35.0 Å². The fourth-order valence-corrected chi connectivity index (χ4v) is 4.95. The zero-order valence-electron chi connectivity index (χ0n) is 18.9. The molecule has 34 heavy (non-hydrogen) atoms. The number of amides is 2. The van der Waals surface area contributed by atoms with Crippen LogP contribution in [0.3, 0.4) is 0 Å². The van der Waals surface area contributed by atoms with E-state index in [2.05, 4.69) is 15.3 Å². The van der Waals surface area contributed by atoms with Gasteiger partial charge < -0.3 is 14.6 Å². The normalized spacial score (nSPS) is 19.4. The standard InChI is InChI=1S/C25H26F2N4O3/c1-24(26,27)17-3-7-29-19(11-17)12-22(32)31-8-4-25(5-9-31)13-18(25)14-30-23(33)20-10-16-2-6-28-15-21(16)34-20/h2-3,6-7,10-11,15,18H,4-5,8-9,12-14H2,1H3,(H,30,33). The molecule has 1 aliphatic carbocycles. The lowest BCUT2D eigenvalue weighted by Crippen LogP contribution is -2.41. The zero-order valence-corrected chi connectivity index (χ0v) is 18.9. The first-order valence-electron chi connectivity index (χ1n) is 11.5. The van der Waals surface area contributed by atoms with Gasteiger partial charge in [-0.2, -0.15) is 0 Å². The van der Waals surface area contributed by atoms with Crippen molar-refractivity contribution >= 4 is 22.8 Å². The minimum Gasteiger partial charge on any atom is -0.449 e. The maximum absolute atomic E-state index is 13.6. The third-order valence-electron chi connectivity index (χ3n) is 7.18. The fraction of sp³-hybridized carbons (Fsp3) is 0.440. The summed E-state index contributed by atoms with van der Waals surface area (Å²) in [7, 11) is 0. The molecule has 178 valence electrons. The Morgan fingerprint density at radius 1 is 1.24 bits per heavy atom. The molecule has 0 bridgehead atoms. The van der Waals surface area contributed by atoms with E-state index in [0.717, 1.165) is 31.6 Å². The number of nitrogens with zero attached hydrogens (tertiary/aromatic N) is 3. The lowest BCUT2D eigenvalue weighted by molar-refractivity contribution is -0.132. The van der Waals surface area contributed by atoms with Gasteiger partial charge in [0.1, 0.15) is 0 Å². The number of fused-ring (bicyclic) bond motifs is 1.